The van der Waals surface area contributed by atoms with E-state index in [4.69, 9.17) is 11.6 Å². The molecule has 0 fully saturated rings. The molecule has 0 spiro atoms. The van der Waals surface area contributed by atoms with E-state index in [1.54, 1.807) is 4.72 Å². The molecule has 0 heterocycles. The Morgan fingerprint density at radius 2 is 1.67 bits per heavy atom. The first-order valence-electron chi connectivity index (χ1n) is 5.07. The number of nitrogens with one attached hydrogen (secondary N) is 1. The molecule has 1 rings (SSSR count). The summed E-state index contributed by atoms with van der Waals surface area (Å²) in [6.45, 7) is 0. The van der Waals surface area contributed by atoms with Gasteiger partial charge < -0.3 is 0 Å². The van der Waals surface area contributed by atoms with Gasteiger partial charge in [-0.3, -0.25) is 4.72 Å². The van der Waals surface area contributed by atoms with Crippen LogP contribution >= 0.6 is 11.6 Å². The van der Waals surface area contributed by atoms with Gasteiger partial charge in [-0.2, -0.15) is 0 Å². The molecule has 1 aromatic carbocycles. The number of anilines is 1. The molecule has 18 heavy (non-hydrogen) atoms. The van der Waals surface area contributed by atoms with E-state index in [9.17, 15) is 21.6 Å². The van der Waals surface area contributed by atoms with E-state index in [2.05, 4.69) is 0 Å². The minimum absolute atomic E-state index is 0.267. The second kappa shape index (κ2) is 6.29. The lowest BCUT2D eigenvalue weighted by Gasteiger charge is -2.09. The highest BCUT2D eigenvalue weighted by Crippen LogP contribution is 2.21. The fourth-order valence-electron chi connectivity index (χ4n) is 1.23. The molecule has 102 valence electrons. The van der Waals surface area contributed by atoms with Crippen LogP contribution in [0, 0.1) is 17.5 Å². The lowest BCUT2D eigenvalue weighted by molar-refractivity contribution is 0.547. The van der Waals surface area contributed by atoms with Gasteiger partial charge in [0.15, 0.2) is 11.6 Å². The molecular weight excluding hydrogens is 291 g/mol. The molecule has 0 bridgehead atoms. The molecule has 1 N–H and O–H groups in total. The summed E-state index contributed by atoms with van der Waals surface area (Å²) in [6, 6.07) is 0.805. The van der Waals surface area contributed by atoms with Crippen molar-refractivity contribution in [3.8, 4) is 0 Å². The fraction of sp³-hybridized carbons (Fsp3) is 0.400. The Kier molecular flexibility index (Phi) is 5.28. The van der Waals surface area contributed by atoms with Crippen LogP contribution in [0.3, 0.4) is 0 Å². The zero-order valence-electron chi connectivity index (χ0n) is 9.22. The van der Waals surface area contributed by atoms with Crippen molar-refractivity contribution in [2.24, 2.45) is 0 Å². The summed E-state index contributed by atoms with van der Waals surface area (Å²) in [7, 11) is -3.88. The SMILES string of the molecule is O=S(=O)(CCCCCl)Nc1c(F)cc(F)cc1F. The lowest BCUT2D eigenvalue weighted by Crippen LogP contribution is -2.18. The Bertz CT molecular complexity index is 499. The van der Waals surface area contributed by atoms with Gasteiger partial charge in [0, 0.05) is 18.0 Å². The molecule has 0 aromatic heterocycles. The average Bonchev–Trinajstić information content (AvgIpc) is 2.23. The van der Waals surface area contributed by atoms with Gasteiger partial charge in [0.25, 0.3) is 0 Å². The lowest BCUT2D eigenvalue weighted by atomic mass is 10.3. The highest BCUT2D eigenvalue weighted by molar-refractivity contribution is 7.92. The molecule has 0 aliphatic rings. The van der Waals surface area contributed by atoms with Crippen LogP contribution in [0.5, 0.6) is 0 Å². The Hall–Kier alpha value is -0.950. The molecule has 0 unspecified atom stereocenters. The third-order valence-electron chi connectivity index (χ3n) is 2.06. The summed E-state index contributed by atoms with van der Waals surface area (Å²) in [5.41, 5.74) is -0.873. The Balaban J connectivity index is 2.84. The number of hydrogen-bond acceptors (Lipinski definition) is 2. The molecule has 0 saturated carbocycles. The molecule has 0 radical (unpaired) electrons. The van der Waals surface area contributed by atoms with Crippen LogP contribution in [-0.2, 0) is 10.0 Å². The van der Waals surface area contributed by atoms with E-state index >= 15 is 0 Å². The van der Waals surface area contributed by atoms with E-state index in [0.29, 0.717) is 24.4 Å². The Labute approximate surface area is 108 Å². The third-order valence-corrected chi connectivity index (χ3v) is 3.67. The first-order valence-corrected chi connectivity index (χ1v) is 7.25. The van der Waals surface area contributed by atoms with Crippen LogP contribution in [0.2, 0.25) is 0 Å². The van der Waals surface area contributed by atoms with Crippen LogP contribution < -0.4 is 4.72 Å². The molecule has 1 aromatic rings. The zero-order chi connectivity index (χ0) is 13.8. The van der Waals surface area contributed by atoms with Crippen molar-refractivity contribution in [2.45, 2.75) is 12.8 Å². The molecular formula is C10H11ClF3NO2S. The second-order valence-electron chi connectivity index (χ2n) is 3.56. The summed E-state index contributed by atoms with van der Waals surface area (Å²) in [6.07, 6.45) is 0.736. The summed E-state index contributed by atoms with van der Waals surface area (Å²) in [4.78, 5) is 0. The molecule has 0 aliphatic carbocycles. The fourth-order valence-corrected chi connectivity index (χ4v) is 2.61. The number of hydrogen-bond donors (Lipinski definition) is 1. The van der Waals surface area contributed by atoms with E-state index in [0.717, 1.165) is 0 Å². The summed E-state index contributed by atoms with van der Waals surface area (Å²) in [5, 5.41) is 0. The number of alkyl halides is 1. The maximum absolute atomic E-state index is 13.2. The van der Waals surface area contributed by atoms with Gasteiger partial charge in [0.2, 0.25) is 10.0 Å². The van der Waals surface area contributed by atoms with Crippen molar-refractivity contribution in [3.05, 3.63) is 29.6 Å². The van der Waals surface area contributed by atoms with Crippen molar-refractivity contribution in [1.82, 2.24) is 0 Å². The summed E-state index contributed by atoms with van der Waals surface area (Å²) < 4.78 is 63.7. The topological polar surface area (TPSA) is 46.2 Å². The molecule has 0 saturated heterocycles. The van der Waals surface area contributed by atoms with E-state index in [1.165, 1.54) is 0 Å². The van der Waals surface area contributed by atoms with Gasteiger partial charge in [-0.25, -0.2) is 21.6 Å². The van der Waals surface area contributed by atoms with Crippen molar-refractivity contribution < 1.29 is 21.6 Å². The maximum atomic E-state index is 13.2. The number of unbranched alkanes of at least 4 members (excludes halogenated alkanes) is 1. The minimum Gasteiger partial charge on any atom is -0.278 e. The quantitative estimate of drug-likeness (QED) is 0.649. The molecule has 8 heteroatoms. The van der Waals surface area contributed by atoms with Crippen molar-refractivity contribution in [2.75, 3.05) is 16.4 Å². The summed E-state index contributed by atoms with van der Waals surface area (Å²) in [5.74, 6) is -3.72. The van der Waals surface area contributed by atoms with Gasteiger partial charge in [0.1, 0.15) is 11.5 Å². The van der Waals surface area contributed by atoms with Gasteiger partial charge in [-0.05, 0) is 12.8 Å². The largest absolute Gasteiger partial charge is 0.278 e. The number of benzene rings is 1. The smallest absolute Gasteiger partial charge is 0.232 e. The Morgan fingerprint density at radius 1 is 1.11 bits per heavy atom. The highest BCUT2D eigenvalue weighted by atomic mass is 35.5. The average molecular weight is 302 g/mol. The van der Waals surface area contributed by atoms with Crippen LogP contribution in [0.1, 0.15) is 12.8 Å². The Morgan fingerprint density at radius 3 is 2.17 bits per heavy atom. The van der Waals surface area contributed by atoms with Crippen molar-refractivity contribution in [3.63, 3.8) is 0 Å². The van der Waals surface area contributed by atoms with Crippen molar-refractivity contribution in [1.29, 1.82) is 0 Å². The van der Waals surface area contributed by atoms with Gasteiger partial charge in [-0.1, -0.05) is 0 Å². The van der Waals surface area contributed by atoms with Gasteiger partial charge in [-0.15, -0.1) is 11.6 Å². The van der Waals surface area contributed by atoms with Crippen LogP contribution in [0.4, 0.5) is 18.9 Å². The van der Waals surface area contributed by atoms with Crippen LogP contribution in [-0.4, -0.2) is 20.1 Å². The first-order chi connectivity index (χ1) is 8.35. The molecule has 3 nitrogen and oxygen atoms in total. The van der Waals surface area contributed by atoms with Gasteiger partial charge >= 0.3 is 0 Å². The maximum Gasteiger partial charge on any atom is 0.232 e. The van der Waals surface area contributed by atoms with Crippen LogP contribution in [0.15, 0.2) is 12.1 Å². The van der Waals surface area contributed by atoms with E-state index < -0.39 is 33.2 Å². The van der Waals surface area contributed by atoms with Gasteiger partial charge in [0.05, 0.1) is 5.75 Å². The molecule has 0 atom stereocenters. The normalized spacial score (nSPS) is 11.6. The third kappa shape index (κ3) is 4.38. The first kappa shape index (κ1) is 15.1. The van der Waals surface area contributed by atoms with Crippen LogP contribution in [0.25, 0.3) is 0 Å². The van der Waals surface area contributed by atoms with E-state index in [-0.39, 0.29) is 12.2 Å². The second-order valence-corrected chi connectivity index (χ2v) is 5.78. The number of sulfonamides is 1. The minimum atomic E-state index is -3.88. The molecule has 0 amide bonds. The highest BCUT2D eigenvalue weighted by Gasteiger charge is 2.17. The predicted molar refractivity (Wildman–Crippen MR) is 63.7 cm³/mol. The standard InChI is InChI=1S/C10H11ClF3NO2S/c11-3-1-2-4-18(16,17)15-10-8(13)5-7(12)6-9(10)14/h5-6,15H,1-4H2. The van der Waals surface area contributed by atoms with Crippen molar-refractivity contribution >= 4 is 27.3 Å². The summed E-state index contributed by atoms with van der Waals surface area (Å²) >= 11 is 5.38. The monoisotopic (exact) mass is 301 g/mol. The van der Waals surface area contributed by atoms with E-state index in [1.807, 2.05) is 0 Å². The number of halogens is 4. The predicted octanol–water partition coefficient (Wildman–Crippen LogP) is 2.86. The molecule has 0 aliphatic heterocycles. The zero-order valence-corrected chi connectivity index (χ0v) is 10.8. The number of rotatable bonds is 6.